The minimum Gasteiger partial charge on any atom is -0.507 e. The maximum atomic E-state index is 10.2. The summed E-state index contributed by atoms with van der Waals surface area (Å²) in [5, 5.41) is 10.5. The number of rotatable bonds is 9. The quantitative estimate of drug-likeness (QED) is 0.290. The molecule has 192 valence electrons. The Kier molecular flexibility index (Phi) is 8.18. The van der Waals surface area contributed by atoms with E-state index in [4.69, 9.17) is 16.6 Å². The van der Waals surface area contributed by atoms with Crippen molar-refractivity contribution in [3.05, 3.63) is 65.7 Å². The summed E-state index contributed by atoms with van der Waals surface area (Å²) in [6.45, 7) is 12.6. The van der Waals surface area contributed by atoms with Gasteiger partial charge in [-0.1, -0.05) is 41.9 Å². The third-order valence-electron chi connectivity index (χ3n) is 7.15. The summed E-state index contributed by atoms with van der Waals surface area (Å²) < 4.78 is 2.13. The van der Waals surface area contributed by atoms with Crippen LogP contribution in [-0.2, 0) is 7.05 Å². The van der Waals surface area contributed by atoms with E-state index in [9.17, 15) is 5.11 Å². The van der Waals surface area contributed by atoms with Gasteiger partial charge in [-0.15, -0.1) is 0 Å². The Bertz CT molecular complexity index is 1330. The van der Waals surface area contributed by atoms with Gasteiger partial charge in [0.15, 0.2) is 0 Å². The Morgan fingerprint density at radius 3 is 1.73 bits per heavy atom. The van der Waals surface area contributed by atoms with Crippen LogP contribution in [0.15, 0.2) is 60.7 Å². The number of aromatic nitrogens is 2. The molecule has 0 unspecified atom stereocenters. The summed E-state index contributed by atoms with van der Waals surface area (Å²) >= 11 is 6.35. The average molecular weight is 515 g/mol. The molecular weight excluding hydrogens is 479 g/mol. The van der Waals surface area contributed by atoms with E-state index in [1.165, 1.54) is 11.4 Å². The number of phenols is 1. The van der Waals surface area contributed by atoms with E-state index < -0.39 is 0 Å². The smallest absolute Gasteiger partial charge is 0.144 e. The van der Waals surface area contributed by atoms with Crippen LogP contribution in [0.5, 0.6) is 5.75 Å². The molecule has 7 heteroatoms. The lowest BCUT2D eigenvalue weighted by Gasteiger charge is -2.21. The van der Waals surface area contributed by atoms with Gasteiger partial charge in [0.25, 0.3) is 0 Å². The van der Waals surface area contributed by atoms with Gasteiger partial charge in [-0.25, -0.2) is 4.98 Å². The number of hydrogen-bond donors (Lipinski definition) is 1. The lowest BCUT2D eigenvalue weighted by Crippen LogP contribution is -2.21. The monoisotopic (exact) mass is 514 g/mol. The number of hydrogen-bond acceptors (Lipinski definition) is 4. The zero-order valence-corrected chi connectivity index (χ0v) is 23.5. The van der Waals surface area contributed by atoms with Crippen LogP contribution < -0.4 is 15.3 Å². The van der Waals surface area contributed by atoms with Gasteiger partial charge >= 0.3 is 0 Å². The molecule has 4 aromatic rings. The van der Waals surface area contributed by atoms with Gasteiger partial charge in [0.2, 0.25) is 0 Å². The van der Waals surface area contributed by atoms with Gasteiger partial charge in [0, 0.05) is 61.3 Å². The number of imidazole rings is 1. The topological polar surface area (TPSA) is 44.5 Å². The third kappa shape index (κ3) is 5.21. The van der Waals surface area contributed by atoms with Gasteiger partial charge < -0.3 is 19.5 Å². The standard InChI is InChI=1S/C30H36BClN4O/c1-6-35(7-2)23-14-10-20(11-15-23)27-28(21-12-16-24(17-13-21)36(8-3)9-4)34(5)30(33-27)22-18-25(31)29(37)26(32)19-22/h10-19,37H,6-9,31H2,1-5H3. The largest absolute Gasteiger partial charge is 0.507 e. The number of benzene rings is 3. The lowest BCUT2D eigenvalue weighted by atomic mass is 9.93. The Morgan fingerprint density at radius 2 is 1.27 bits per heavy atom. The molecule has 0 bridgehead atoms. The van der Waals surface area contributed by atoms with Gasteiger partial charge in [-0.05, 0) is 63.5 Å². The molecule has 0 aliphatic heterocycles. The molecule has 0 radical (unpaired) electrons. The van der Waals surface area contributed by atoms with E-state index in [2.05, 4.69) is 90.6 Å². The van der Waals surface area contributed by atoms with E-state index in [0.717, 1.165) is 65.5 Å². The van der Waals surface area contributed by atoms with E-state index in [1.807, 2.05) is 21.0 Å². The highest BCUT2D eigenvalue weighted by atomic mass is 35.5. The van der Waals surface area contributed by atoms with Crippen LogP contribution in [0.1, 0.15) is 27.7 Å². The van der Waals surface area contributed by atoms with Crippen LogP contribution in [-0.4, -0.2) is 48.7 Å². The molecule has 1 aromatic heterocycles. The average Bonchev–Trinajstić information content (AvgIpc) is 3.26. The molecule has 37 heavy (non-hydrogen) atoms. The summed E-state index contributed by atoms with van der Waals surface area (Å²) in [6.07, 6.45) is 0. The summed E-state index contributed by atoms with van der Waals surface area (Å²) in [5.74, 6) is 0.912. The van der Waals surface area contributed by atoms with Crippen molar-refractivity contribution in [3.63, 3.8) is 0 Å². The number of phenolic OH excluding ortho intramolecular Hbond substituents is 1. The molecule has 0 spiro atoms. The van der Waals surface area contributed by atoms with E-state index >= 15 is 0 Å². The minimum atomic E-state index is 0.110. The van der Waals surface area contributed by atoms with Crippen LogP contribution >= 0.6 is 11.6 Å². The van der Waals surface area contributed by atoms with Crippen LogP contribution in [0.2, 0.25) is 5.02 Å². The van der Waals surface area contributed by atoms with Crippen molar-refractivity contribution in [2.75, 3.05) is 36.0 Å². The van der Waals surface area contributed by atoms with Crippen molar-refractivity contribution in [1.82, 2.24) is 9.55 Å². The highest BCUT2D eigenvalue weighted by molar-refractivity contribution is 6.39. The summed E-state index contributed by atoms with van der Waals surface area (Å²) in [5.41, 5.74) is 8.12. The molecule has 1 N–H and O–H groups in total. The Morgan fingerprint density at radius 1 is 0.784 bits per heavy atom. The Labute approximate surface area is 226 Å². The van der Waals surface area contributed by atoms with Crippen molar-refractivity contribution >= 4 is 36.3 Å². The third-order valence-corrected chi connectivity index (χ3v) is 7.43. The van der Waals surface area contributed by atoms with Crippen LogP contribution in [0.3, 0.4) is 0 Å². The summed E-state index contributed by atoms with van der Waals surface area (Å²) in [4.78, 5) is 9.82. The predicted octanol–water partition coefficient (Wildman–Crippen LogP) is 5.73. The van der Waals surface area contributed by atoms with Gasteiger partial charge in [-0.3, -0.25) is 0 Å². The highest BCUT2D eigenvalue weighted by Gasteiger charge is 2.21. The van der Waals surface area contributed by atoms with Gasteiger partial charge in [0.05, 0.1) is 16.4 Å². The van der Waals surface area contributed by atoms with Crippen molar-refractivity contribution in [3.8, 4) is 39.7 Å². The maximum Gasteiger partial charge on any atom is 0.144 e. The Hall–Kier alpha value is -3.38. The second kappa shape index (κ2) is 11.3. The second-order valence-corrected chi connectivity index (χ2v) is 9.66. The second-order valence-electron chi connectivity index (χ2n) is 9.25. The first-order chi connectivity index (χ1) is 17.8. The summed E-state index contributed by atoms with van der Waals surface area (Å²) in [6, 6.07) is 21.1. The van der Waals surface area contributed by atoms with Crippen LogP contribution in [0.25, 0.3) is 33.9 Å². The first-order valence-electron chi connectivity index (χ1n) is 13.1. The number of halogens is 1. The number of nitrogens with zero attached hydrogens (tertiary/aromatic N) is 4. The van der Waals surface area contributed by atoms with Gasteiger partial charge in [-0.2, -0.15) is 0 Å². The molecule has 0 aliphatic carbocycles. The maximum absolute atomic E-state index is 10.2. The fourth-order valence-corrected chi connectivity index (χ4v) is 5.26. The Balaban J connectivity index is 1.88. The molecular formula is C30H36BClN4O. The fourth-order valence-electron chi connectivity index (χ4n) is 4.99. The molecule has 0 atom stereocenters. The van der Waals surface area contributed by atoms with E-state index in [0.29, 0.717) is 5.02 Å². The number of aromatic hydroxyl groups is 1. The van der Waals surface area contributed by atoms with E-state index in [-0.39, 0.29) is 5.75 Å². The predicted molar refractivity (Wildman–Crippen MR) is 161 cm³/mol. The molecule has 0 saturated heterocycles. The molecule has 0 saturated carbocycles. The van der Waals surface area contributed by atoms with Crippen molar-refractivity contribution < 1.29 is 5.11 Å². The molecule has 0 fully saturated rings. The molecule has 5 nitrogen and oxygen atoms in total. The molecule has 3 aromatic carbocycles. The van der Waals surface area contributed by atoms with Crippen molar-refractivity contribution in [2.24, 2.45) is 7.05 Å². The van der Waals surface area contributed by atoms with Gasteiger partial charge in [0.1, 0.15) is 19.4 Å². The van der Waals surface area contributed by atoms with Crippen LogP contribution in [0, 0.1) is 0 Å². The normalized spacial score (nSPS) is 11.1. The summed E-state index contributed by atoms with van der Waals surface area (Å²) in [7, 11) is 3.90. The first kappa shape index (κ1) is 26.7. The zero-order chi connectivity index (χ0) is 26.7. The number of anilines is 2. The SMILES string of the molecule is Bc1cc(-c2nc(-c3ccc(N(CC)CC)cc3)c(-c3ccc(N(CC)CC)cc3)n2C)cc(Cl)c1O. The lowest BCUT2D eigenvalue weighted by molar-refractivity contribution is 0.480. The van der Waals surface area contributed by atoms with E-state index in [1.54, 1.807) is 6.07 Å². The highest BCUT2D eigenvalue weighted by Crippen LogP contribution is 2.38. The molecule has 1 heterocycles. The van der Waals surface area contributed by atoms with Crippen LogP contribution in [0.4, 0.5) is 11.4 Å². The molecule has 0 amide bonds. The minimum absolute atomic E-state index is 0.110. The molecule has 0 aliphatic rings. The fraction of sp³-hybridized carbons (Fsp3) is 0.300. The van der Waals surface area contributed by atoms with Crippen molar-refractivity contribution in [1.29, 1.82) is 0 Å². The van der Waals surface area contributed by atoms with Crippen molar-refractivity contribution in [2.45, 2.75) is 27.7 Å². The molecule has 4 rings (SSSR count). The zero-order valence-electron chi connectivity index (χ0n) is 22.7. The first-order valence-corrected chi connectivity index (χ1v) is 13.5.